The van der Waals surface area contributed by atoms with E-state index in [9.17, 15) is 9.90 Å². The van der Waals surface area contributed by atoms with Crippen LogP contribution in [0.1, 0.15) is 17.2 Å². The summed E-state index contributed by atoms with van der Waals surface area (Å²) >= 11 is 12.1. The van der Waals surface area contributed by atoms with Crippen LogP contribution >= 0.6 is 23.2 Å². The lowest BCUT2D eigenvalue weighted by molar-refractivity contribution is -0.119. The molecule has 1 aromatic rings. The first-order valence-electron chi connectivity index (χ1n) is 5.54. The molecule has 1 aliphatic carbocycles. The Morgan fingerprint density at radius 3 is 2.83 bits per heavy atom. The van der Waals surface area contributed by atoms with E-state index in [1.807, 2.05) is 0 Å². The van der Waals surface area contributed by atoms with Gasteiger partial charge in [-0.2, -0.15) is 0 Å². The first-order valence-corrected chi connectivity index (χ1v) is 6.30. The average Bonchev–Trinajstić information content (AvgIpc) is 2.53. The van der Waals surface area contributed by atoms with Crippen LogP contribution in [0.25, 0.3) is 0 Å². The highest BCUT2D eigenvalue weighted by Crippen LogP contribution is 2.40. The van der Waals surface area contributed by atoms with Crippen molar-refractivity contribution < 1.29 is 9.90 Å². The summed E-state index contributed by atoms with van der Waals surface area (Å²) in [4.78, 5) is 12.7. The Labute approximate surface area is 115 Å². The number of nitrogens with two attached hydrogens (primary N) is 1. The van der Waals surface area contributed by atoms with Crippen LogP contribution in [0.4, 0.5) is 0 Å². The zero-order chi connectivity index (χ0) is 13.4. The van der Waals surface area contributed by atoms with Gasteiger partial charge in [-0.15, -0.1) is 0 Å². The summed E-state index contributed by atoms with van der Waals surface area (Å²) in [5.74, 6) is -0.439. The Balaban J connectivity index is 2.38. The topological polar surface area (TPSA) is 66.6 Å². The summed E-state index contributed by atoms with van der Waals surface area (Å²) in [6, 6.07) is 3.13. The lowest BCUT2D eigenvalue weighted by Crippen LogP contribution is -2.37. The van der Waals surface area contributed by atoms with Gasteiger partial charge in [0.15, 0.2) is 0 Å². The molecule has 0 spiro atoms. The molecular formula is C12H14Cl2N2O2. The van der Waals surface area contributed by atoms with Crippen LogP contribution in [0.15, 0.2) is 12.1 Å². The van der Waals surface area contributed by atoms with Crippen LogP contribution in [0.2, 0.25) is 10.0 Å². The van der Waals surface area contributed by atoms with E-state index in [1.165, 1.54) is 0 Å². The van der Waals surface area contributed by atoms with Crippen molar-refractivity contribution in [1.82, 2.24) is 4.90 Å². The second kappa shape index (κ2) is 5.05. The van der Waals surface area contributed by atoms with Gasteiger partial charge in [0, 0.05) is 16.5 Å². The summed E-state index contributed by atoms with van der Waals surface area (Å²) in [6.45, 7) is 0.0747. The van der Waals surface area contributed by atoms with Gasteiger partial charge < -0.3 is 10.8 Å². The summed E-state index contributed by atoms with van der Waals surface area (Å²) < 4.78 is 0. The third-order valence-corrected chi connectivity index (χ3v) is 3.73. The molecule has 0 saturated heterocycles. The van der Waals surface area contributed by atoms with Crippen LogP contribution < -0.4 is 5.73 Å². The molecule has 0 fully saturated rings. The number of primary amides is 1. The highest BCUT2D eigenvalue weighted by Gasteiger charge is 2.35. The van der Waals surface area contributed by atoms with E-state index in [-0.39, 0.29) is 12.6 Å². The monoisotopic (exact) mass is 288 g/mol. The minimum absolute atomic E-state index is 0.0747. The fourth-order valence-corrected chi connectivity index (χ4v) is 3.09. The molecule has 6 heteroatoms. The number of aliphatic hydroxyl groups excluding tert-OH is 1. The highest BCUT2D eigenvalue weighted by molar-refractivity contribution is 6.35. The molecule has 2 atom stereocenters. The summed E-state index contributed by atoms with van der Waals surface area (Å²) in [5.41, 5.74) is 6.92. The third-order valence-electron chi connectivity index (χ3n) is 3.17. The minimum atomic E-state index is -0.611. The predicted molar refractivity (Wildman–Crippen MR) is 70.7 cm³/mol. The molecule has 3 N–H and O–H groups in total. The van der Waals surface area contributed by atoms with Gasteiger partial charge in [0.1, 0.15) is 0 Å². The number of fused-ring (bicyclic) bond motifs is 1. The Hall–Kier alpha value is -0.810. The van der Waals surface area contributed by atoms with Gasteiger partial charge in [0.25, 0.3) is 0 Å². The fraction of sp³-hybridized carbons (Fsp3) is 0.417. The van der Waals surface area contributed by atoms with E-state index in [4.69, 9.17) is 28.9 Å². The maximum absolute atomic E-state index is 11.0. The van der Waals surface area contributed by atoms with E-state index in [0.717, 1.165) is 11.1 Å². The normalized spacial score (nSPS) is 22.3. The number of likely N-dealkylation sites (N-methyl/N-ethyl adjacent to an activating group) is 1. The molecule has 4 nitrogen and oxygen atoms in total. The molecule has 1 amide bonds. The number of nitrogens with zero attached hydrogens (tertiary/aromatic N) is 1. The van der Waals surface area contributed by atoms with Crippen LogP contribution in [0.5, 0.6) is 0 Å². The number of carbonyl (C=O) groups excluding carboxylic acids is 1. The predicted octanol–water partition coefficient (Wildman–Crippen LogP) is 1.37. The second-order valence-electron chi connectivity index (χ2n) is 4.55. The van der Waals surface area contributed by atoms with Gasteiger partial charge in [-0.05, 0) is 30.3 Å². The zero-order valence-electron chi connectivity index (χ0n) is 9.86. The van der Waals surface area contributed by atoms with Crippen molar-refractivity contribution >= 4 is 29.1 Å². The number of aliphatic hydroxyl groups is 1. The highest BCUT2D eigenvalue weighted by atomic mass is 35.5. The molecule has 0 heterocycles. The van der Waals surface area contributed by atoms with Crippen molar-refractivity contribution in [2.45, 2.75) is 18.6 Å². The summed E-state index contributed by atoms with van der Waals surface area (Å²) in [5, 5.41) is 11.2. The number of rotatable bonds is 3. The lowest BCUT2D eigenvalue weighted by atomic mass is 10.1. The van der Waals surface area contributed by atoms with Gasteiger partial charge >= 0.3 is 0 Å². The van der Waals surface area contributed by atoms with Crippen molar-refractivity contribution in [2.24, 2.45) is 5.73 Å². The quantitative estimate of drug-likeness (QED) is 0.883. The van der Waals surface area contributed by atoms with Crippen LogP contribution in [0.3, 0.4) is 0 Å². The molecule has 0 radical (unpaired) electrons. The number of benzene rings is 1. The summed E-state index contributed by atoms with van der Waals surface area (Å²) in [6.07, 6.45) is -0.153. The molecule has 0 saturated carbocycles. The molecule has 1 aromatic carbocycles. The molecule has 0 unspecified atom stereocenters. The Bertz CT molecular complexity index is 493. The molecule has 1 aliphatic rings. The Morgan fingerprint density at radius 2 is 2.22 bits per heavy atom. The van der Waals surface area contributed by atoms with Crippen molar-refractivity contribution in [3.8, 4) is 0 Å². The standard InChI is InChI=1S/C12H14Cl2N2O2/c1-16(5-11(15)18)12-8-2-6(13)3-9(14)7(8)4-10(12)17/h2-3,10,12,17H,4-5H2,1H3,(H2,15,18)/t10-,12-/m1/s1. The van der Waals surface area contributed by atoms with Crippen LogP contribution in [-0.4, -0.2) is 35.6 Å². The van der Waals surface area contributed by atoms with Gasteiger partial charge in [-0.25, -0.2) is 0 Å². The largest absolute Gasteiger partial charge is 0.391 e. The van der Waals surface area contributed by atoms with Gasteiger partial charge in [0.2, 0.25) is 5.91 Å². The van der Waals surface area contributed by atoms with Crippen molar-refractivity contribution in [3.63, 3.8) is 0 Å². The molecule has 0 bridgehead atoms. The van der Waals surface area contributed by atoms with E-state index in [2.05, 4.69) is 0 Å². The number of carbonyl (C=O) groups is 1. The van der Waals surface area contributed by atoms with Crippen LogP contribution in [0, 0.1) is 0 Å². The van der Waals surface area contributed by atoms with Crippen molar-refractivity contribution in [2.75, 3.05) is 13.6 Å². The van der Waals surface area contributed by atoms with E-state index >= 15 is 0 Å². The molecule has 18 heavy (non-hydrogen) atoms. The minimum Gasteiger partial charge on any atom is -0.391 e. The van der Waals surface area contributed by atoms with Gasteiger partial charge in [0.05, 0.1) is 18.7 Å². The molecule has 98 valence electrons. The number of hydrogen-bond donors (Lipinski definition) is 2. The van der Waals surface area contributed by atoms with Gasteiger partial charge in [-0.1, -0.05) is 23.2 Å². The lowest BCUT2D eigenvalue weighted by Gasteiger charge is -2.26. The zero-order valence-corrected chi connectivity index (χ0v) is 11.4. The fourth-order valence-electron chi connectivity index (χ4n) is 2.51. The van der Waals surface area contributed by atoms with Gasteiger partial charge in [-0.3, -0.25) is 9.69 Å². The molecular weight excluding hydrogens is 275 g/mol. The first-order chi connectivity index (χ1) is 8.40. The van der Waals surface area contributed by atoms with E-state index in [0.29, 0.717) is 16.5 Å². The first kappa shape index (κ1) is 13.6. The van der Waals surface area contributed by atoms with Crippen LogP contribution in [-0.2, 0) is 11.2 Å². The maximum atomic E-state index is 11.0. The Morgan fingerprint density at radius 1 is 1.56 bits per heavy atom. The van der Waals surface area contributed by atoms with Crippen molar-refractivity contribution in [1.29, 1.82) is 0 Å². The van der Waals surface area contributed by atoms with Crippen molar-refractivity contribution in [3.05, 3.63) is 33.3 Å². The number of amides is 1. The molecule has 2 rings (SSSR count). The average molecular weight is 289 g/mol. The maximum Gasteiger partial charge on any atom is 0.231 e. The molecule has 0 aliphatic heterocycles. The smallest absolute Gasteiger partial charge is 0.231 e. The third kappa shape index (κ3) is 2.47. The molecule has 0 aromatic heterocycles. The van der Waals surface area contributed by atoms with E-state index in [1.54, 1.807) is 24.1 Å². The SMILES string of the molecule is CN(CC(N)=O)[C@@H]1c2cc(Cl)cc(Cl)c2C[C@H]1O. The second-order valence-corrected chi connectivity index (χ2v) is 5.40. The number of hydrogen-bond acceptors (Lipinski definition) is 3. The number of halogens is 2. The van der Waals surface area contributed by atoms with E-state index < -0.39 is 12.0 Å². The Kier molecular flexibility index (Phi) is 3.82. The summed E-state index contributed by atoms with van der Waals surface area (Å²) in [7, 11) is 1.74.